The Kier molecular flexibility index (Phi) is 2.81. The molecule has 0 bridgehead atoms. The van der Waals surface area contributed by atoms with E-state index in [0.717, 1.165) is 23.0 Å². The summed E-state index contributed by atoms with van der Waals surface area (Å²) < 4.78 is 0. The van der Waals surface area contributed by atoms with E-state index in [-0.39, 0.29) is 6.04 Å². The number of halogens is 1. The van der Waals surface area contributed by atoms with Crippen molar-refractivity contribution >= 4 is 28.9 Å². The van der Waals surface area contributed by atoms with Crippen LogP contribution in [0, 0.1) is 0 Å². The fraction of sp³-hybridized carbons (Fsp3) is 0.308. The van der Waals surface area contributed by atoms with Gasteiger partial charge in [0.15, 0.2) is 5.11 Å². The molecule has 3 rings (SSSR count). The second-order valence-corrected chi connectivity index (χ2v) is 5.29. The molecular weight excluding hydrogens is 252 g/mol. The first-order valence-corrected chi connectivity index (χ1v) is 6.57. The highest BCUT2D eigenvalue weighted by Crippen LogP contribution is 2.36. The zero-order valence-corrected chi connectivity index (χ0v) is 10.9. The summed E-state index contributed by atoms with van der Waals surface area (Å²) in [6.07, 6.45) is 3.47. The van der Waals surface area contributed by atoms with Gasteiger partial charge in [-0.05, 0) is 54.7 Å². The Labute approximate surface area is 111 Å². The molecule has 0 fully saturated rings. The standard InChI is InChI=1S/C13H13ClN2S/c14-9-6-4-8(5-7-9)12-10-2-1-3-11(10)15-13(17)16-12/h4-7,12H,1-3H2,(H2,15,16,17). The van der Waals surface area contributed by atoms with Crippen molar-refractivity contribution in [2.24, 2.45) is 0 Å². The zero-order valence-electron chi connectivity index (χ0n) is 9.29. The van der Waals surface area contributed by atoms with Crippen molar-refractivity contribution in [3.05, 3.63) is 46.1 Å². The summed E-state index contributed by atoms with van der Waals surface area (Å²) in [5.74, 6) is 0. The van der Waals surface area contributed by atoms with Crippen LogP contribution in [-0.2, 0) is 0 Å². The highest BCUT2D eigenvalue weighted by Gasteiger charge is 2.28. The molecule has 0 amide bonds. The van der Waals surface area contributed by atoms with Gasteiger partial charge >= 0.3 is 0 Å². The first kappa shape index (κ1) is 11.1. The van der Waals surface area contributed by atoms with Crippen molar-refractivity contribution in [1.82, 2.24) is 10.6 Å². The smallest absolute Gasteiger partial charge is 0.171 e. The molecule has 0 saturated heterocycles. The van der Waals surface area contributed by atoms with Crippen molar-refractivity contribution < 1.29 is 0 Å². The van der Waals surface area contributed by atoms with Crippen molar-refractivity contribution in [1.29, 1.82) is 0 Å². The number of allylic oxidation sites excluding steroid dienone is 1. The van der Waals surface area contributed by atoms with Gasteiger partial charge in [-0.3, -0.25) is 0 Å². The van der Waals surface area contributed by atoms with E-state index in [2.05, 4.69) is 22.8 Å². The van der Waals surface area contributed by atoms with E-state index in [1.54, 1.807) is 0 Å². The lowest BCUT2D eigenvalue weighted by atomic mass is 9.96. The van der Waals surface area contributed by atoms with Gasteiger partial charge in [-0.1, -0.05) is 23.7 Å². The molecule has 0 aromatic heterocycles. The van der Waals surface area contributed by atoms with E-state index in [1.165, 1.54) is 23.3 Å². The van der Waals surface area contributed by atoms with Crippen molar-refractivity contribution in [3.63, 3.8) is 0 Å². The number of hydrogen-bond acceptors (Lipinski definition) is 1. The van der Waals surface area contributed by atoms with Gasteiger partial charge in [0.2, 0.25) is 0 Å². The molecule has 0 spiro atoms. The van der Waals surface area contributed by atoms with Gasteiger partial charge in [0.05, 0.1) is 6.04 Å². The summed E-state index contributed by atoms with van der Waals surface area (Å²) in [6.45, 7) is 0. The van der Waals surface area contributed by atoms with Crippen LogP contribution in [0.4, 0.5) is 0 Å². The van der Waals surface area contributed by atoms with E-state index < -0.39 is 0 Å². The average molecular weight is 265 g/mol. The van der Waals surface area contributed by atoms with E-state index in [1.807, 2.05) is 12.1 Å². The quantitative estimate of drug-likeness (QED) is 0.761. The summed E-state index contributed by atoms with van der Waals surface area (Å²) in [4.78, 5) is 0. The van der Waals surface area contributed by atoms with Crippen molar-refractivity contribution in [2.45, 2.75) is 25.3 Å². The molecule has 1 atom stereocenters. The molecule has 1 unspecified atom stereocenters. The molecule has 1 aromatic rings. The van der Waals surface area contributed by atoms with E-state index >= 15 is 0 Å². The summed E-state index contributed by atoms with van der Waals surface area (Å²) in [5, 5.41) is 8.10. The second kappa shape index (κ2) is 4.31. The Bertz CT molecular complexity index is 493. The van der Waals surface area contributed by atoms with Gasteiger partial charge in [0, 0.05) is 10.7 Å². The number of thiocarbonyl (C=S) groups is 1. The molecule has 0 radical (unpaired) electrons. The van der Waals surface area contributed by atoms with Gasteiger partial charge in [0.25, 0.3) is 0 Å². The fourth-order valence-electron chi connectivity index (χ4n) is 2.56. The SMILES string of the molecule is S=C1NC2=C(CCC2)C(c2ccc(Cl)cc2)N1. The third-order valence-electron chi connectivity index (χ3n) is 3.35. The van der Waals surface area contributed by atoms with Crippen LogP contribution in [0.3, 0.4) is 0 Å². The van der Waals surface area contributed by atoms with Gasteiger partial charge in [-0.25, -0.2) is 0 Å². The Morgan fingerprint density at radius 3 is 2.71 bits per heavy atom. The zero-order chi connectivity index (χ0) is 11.8. The van der Waals surface area contributed by atoms with Crippen LogP contribution < -0.4 is 10.6 Å². The number of nitrogens with one attached hydrogen (secondary N) is 2. The van der Waals surface area contributed by atoms with Crippen molar-refractivity contribution in [2.75, 3.05) is 0 Å². The maximum Gasteiger partial charge on any atom is 0.171 e. The Morgan fingerprint density at radius 1 is 1.18 bits per heavy atom. The minimum absolute atomic E-state index is 0.221. The topological polar surface area (TPSA) is 24.1 Å². The minimum atomic E-state index is 0.221. The molecule has 1 heterocycles. The lowest BCUT2D eigenvalue weighted by Gasteiger charge is -2.29. The van der Waals surface area contributed by atoms with Crippen LogP contribution in [0.5, 0.6) is 0 Å². The average Bonchev–Trinajstić information content (AvgIpc) is 2.77. The number of benzene rings is 1. The van der Waals surface area contributed by atoms with Crippen LogP contribution in [0.1, 0.15) is 30.9 Å². The molecule has 2 aliphatic rings. The number of hydrogen-bond donors (Lipinski definition) is 2. The largest absolute Gasteiger partial charge is 0.352 e. The van der Waals surface area contributed by atoms with E-state index in [0.29, 0.717) is 0 Å². The number of rotatable bonds is 1. The molecule has 2 N–H and O–H groups in total. The third kappa shape index (κ3) is 2.05. The summed E-state index contributed by atoms with van der Waals surface area (Å²) in [7, 11) is 0. The lowest BCUT2D eigenvalue weighted by molar-refractivity contribution is 0.683. The van der Waals surface area contributed by atoms with Gasteiger partial charge in [0.1, 0.15) is 0 Å². The molecule has 1 aliphatic carbocycles. The maximum absolute atomic E-state index is 5.92. The normalized spacial score (nSPS) is 23.1. The van der Waals surface area contributed by atoms with Crippen LogP contribution in [0.25, 0.3) is 0 Å². The minimum Gasteiger partial charge on any atom is -0.352 e. The van der Waals surface area contributed by atoms with Crippen LogP contribution in [0.2, 0.25) is 5.02 Å². The summed E-state index contributed by atoms with van der Waals surface area (Å²) in [6, 6.07) is 8.21. The molecule has 1 aliphatic heterocycles. The summed E-state index contributed by atoms with van der Waals surface area (Å²) >= 11 is 11.2. The third-order valence-corrected chi connectivity index (χ3v) is 3.82. The molecule has 17 heavy (non-hydrogen) atoms. The molecule has 0 saturated carbocycles. The monoisotopic (exact) mass is 264 g/mol. The predicted octanol–water partition coefficient (Wildman–Crippen LogP) is 3.30. The van der Waals surface area contributed by atoms with Gasteiger partial charge < -0.3 is 10.6 Å². The van der Waals surface area contributed by atoms with Crippen LogP contribution >= 0.6 is 23.8 Å². The fourth-order valence-corrected chi connectivity index (χ4v) is 2.93. The van der Waals surface area contributed by atoms with Crippen LogP contribution in [0.15, 0.2) is 35.5 Å². The first-order valence-electron chi connectivity index (χ1n) is 5.79. The first-order chi connectivity index (χ1) is 8.24. The Balaban J connectivity index is 1.98. The molecule has 1 aromatic carbocycles. The highest BCUT2D eigenvalue weighted by molar-refractivity contribution is 7.80. The van der Waals surface area contributed by atoms with E-state index in [4.69, 9.17) is 23.8 Å². The summed E-state index contributed by atoms with van der Waals surface area (Å²) in [5.41, 5.74) is 3.99. The van der Waals surface area contributed by atoms with Crippen LogP contribution in [-0.4, -0.2) is 5.11 Å². The molecule has 88 valence electrons. The molecule has 2 nitrogen and oxygen atoms in total. The maximum atomic E-state index is 5.92. The van der Waals surface area contributed by atoms with Crippen molar-refractivity contribution in [3.8, 4) is 0 Å². The molecular formula is C13H13ClN2S. The second-order valence-electron chi connectivity index (χ2n) is 4.44. The molecule has 4 heteroatoms. The Hall–Kier alpha value is -1.06. The highest BCUT2D eigenvalue weighted by atomic mass is 35.5. The van der Waals surface area contributed by atoms with Gasteiger partial charge in [-0.2, -0.15) is 0 Å². The predicted molar refractivity (Wildman–Crippen MR) is 73.9 cm³/mol. The van der Waals surface area contributed by atoms with Gasteiger partial charge in [-0.15, -0.1) is 0 Å². The van der Waals surface area contributed by atoms with E-state index in [9.17, 15) is 0 Å². The Morgan fingerprint density at radius 2 is 1.94 bits per heavy atom. The lowest BCUT2D eigenvalue weighted by Crippen LogP contribution is -2.42.